The normalized spacial score (nSPS) is 12.1. The predicted octanol–water partition coefficient (Wildman–Crippen LogP) is 1.47. The summed E-state index contributed by atoms with van der Waals surface area (Å²) in [6.07, 6.45) is -0.445. The molecule has 0 amide bonds. The van der Waals surface area contributed by atoms with E-state index in [2.05, 4.69) is 21.2 Å². The molecule has 92 valence electrons. The van der Waals surface area contributed by atoms with Crippen molar-refractivity contribution in [3.05, 3.63) is 34.3 Å². The summed E-state index contributed by atoms with van der Waals surface area (Å²) in [5, 5.41) is 20.1. The maximum Gasteiger partial charge on any atom is 0.321 e. The minimum absolute atomic E-state index is 0.297. The van der Waals surface area contributed by atoms with Gasteiger partial charge in [-0.1, -0.05) is 34.1 Å². The fourth-order valence-electron chi connectivity index (χ4n) is 1.30. The van der Waals surface area contributed by atoms with Crippen molar-refractivity contribution in [3.8, 4) is 0 Å². The number of hydrogen-bond acceptors (Lipinski definition) is 3. The van der Waals surface area contributed by atoms with Gasteiger partial charge in [0.05, 0.1) is 6.42 Å². The zero-order valence-electron chi connectivity index (χ0n) is 8.89. The molecule has 1 aromatic carbocycles. The van der Waals surface area contributed by atoms with Gasteiger partial charge in [0.1, 0.15) is 6.04 Å². The van der Waals surface area contributed by atoms with Crippen LogP contribution in [0.1, 0.15) is 12.0 Å². The number of benzene rings is 1. The molecular formula is C11H12BrNO4. The smallest absolute Gasteiger partial charge is 0.321 e. The topological polar surface area (TPSA) is 86.6 Å². The van der Waals surface area contributed by atoms with Crippen molar-refractivity contribution < 1.29 is 19.8 Å². The molecule has 1 unspecified atom stereocenters. The highest BCUT2D eigenvalue weighted by Crippen LogP contribution is 2.15. The summed E-state index contributed by atoms with van der Waals surface area (Å²) in [6.45, 7) is 0.297. The van der Waals surface area contributed by atoms with Crippen LogP contribution < -0.4 is 5.32 Å². The molecule has 17 heavy (non-hydrogen) atoms. The Balaban J connectivity index is 2.61. The van der Waals surface area contributed by atoms with Crippen LogP contribution in [0.3, 0.4) is 0 Å². The molecule has 0 saturated carbocycles. The first-order chi connectivity index (χ1) is 8.00. The van der Waals surface area contributed by atoms with Crippen LogP contribution in [0.5, 0.6) is 0 Å². The summed E-state index contributed by atoms with van der Waals surface area (Å²) in [5.74, 6) is -2.31. The van der Waals surface area contributed by atoms with Gasteiger partial charge in [0.2, 0.25) is 0 Å². The monoisotopic (exact) mass is 301 g/mol. The first kappa shape index (κ1) is 13.7. The molecule has 0 aromatic heterocycles. The number of nitrogens with one attached hydrogen (secondary N) is 1. The third-order valence-electron chi connectivity index (χ3n) is 2.17. The third-order valence-corrected chi connectivity index (χ3v) is 2.95. The van der Waals surface area contributed by atoms with Crippen molar-refractivity contribution in [2.75, 3.05) is 0 Å². The highest BCUT2D eigenvalue weighted by molar-refractivity contribution is 9.10. The average Bonchev–Trinajstić information content (AvgIpc) is 2.25. The Bertz CT molecular complexity index is 422. The molecule has 0 aliphatic carbocycles. The van der Waals surface area contributed by atoms with Gasteiger partial charge in [0.15, 0.2) is 0 Å². The summed E-state index contributed by atoms with van der Waals surface area (Å²) in [5.41, 5.74) is 0.879. The van der Waals surface area contributed by atoms with E-state index in [1.807, 2.05) is 24.3 Å². The van der Waals surface area contributed by atoms with E-state index in [-0.39, 0.29) is 0 Å². The molecule has 0 bridgehead atoms. The number of hydrogen-bond donors (Lipinski definition) is 3. The van der Waals surface area contributed by atoms with E-state index < -0.39 is 24.4 Å². The maximum absolute atomic E-state index is 10.8. The summed E-state index contributed by atoms with van der Waals surface area (Å²) < 4.78 is 0.854. The molecule has 3 N–H and O–H groups in total. The van der Waals surface area contributed by atoms with E-state index in [4.69, 9.17) is 10.2 Å². The molecule has 1 aromatic rings. The molecule has 5 nitrogen and oxygen atoms in total. The van der Waals surface area contributed by atoms with Gasteiger partial charge in [-0.25, -0.2) is 0 Å². The van der Waals surface area contributed by atoms with Gasteiger partial charge >= 0.3 is 11.9 Å². The van der Waals surface area contributed by atoms with E-state index in [1.165, 1.54) is 0 Å². The lowest BCUT2D eigenvalue weighted by Crippen LogP contribution is -2.38. The molecule has 0 radical (unpaired) electrons. The van der Waals surface area contributed by atoms with Gasteiger partial charge < -0.3 is 10.2 Å². The Labute approximate surface area is 107 Å². The van der Waals surface area contributed by atoms with Gasteiger partial charge in [-0.2, -0.15) is 0 Å². The zero-order valence-corrected chi connectivity index (χ0v) is 10.5. The Morgan fingerprint density at radius 3 is 2.47 bits per heavy atom. The molecule has 1 atom stereocenters. The lowest BCUT2D eigenvalue weighted by molar-refractivity contribution is -0.146. The zero-order chi connectivity index (χ0) is 12.8. The lowest BCUT2D eigenvalue weighted by Gasteiger charge is -2.12. The van der Waals surface area contributed by atoms with Crippen LogP contribution in [0.2, 0.25) is 0 Å². The van der Waals surface area contributed by atoms with Crippen LogP contribution in [0, 0.1) is 0 Å². The number of carboxylic acids is 2. The van der Waals surface area contributed by atoms with E-state index in [1.54, 1.807) is 0 Å². The quantitative estimate of drug-likeness (QED) is 0.741. The largest absolute Gasteiger partial charge is 0.481 e. The van der Waals surface area contributed by atoms with Crippen molar-refractivity contribution in [3.63, 3.8) is 0 Å². The van der Waals surface area contributed by atoms with Crippen LogP contribution in [0.15, 0.2) is 28.7 Å². The Kier molecular flexibility index (Phi) is 5.11. The number of carbonyl (C=O) groups is 2. The van der Waals surface area contributed by atoms with Gasteiger partial charge in [-0.05, 0) is 11.6 Å². The standard InChI is InChI=1S/C11H12BrNO4/c12-8-4-2-1-3-7(8)6-13-9(11(16)17)5-10(14)15/h1-4,9,13H,5-6H2,(H,14,15)(H,16,17). The van der Waals surface area contributed by atoms with Crippen LogP contribution in [0.25, 0.3) is 0 Å². The summed E-state index contributed by atoms with van der Waals surface area (Å²) in [7, 11) is 0. The molecule has 0 saturated heterocycles. The summed E-state index contributed by atoms with van der Waals surface area (Å²) in [4.78, 5) is 21.3. The SMILES string of the molecule is O=C(O)CC(NCc1ccccc1Br)C(=O)O. The van der Waals surface area contributed by atoms with Crippen LogP contribution in [-0.2, 0) is 16.1 Å². The van der Waals surface area contributed by atoms with Crippen LogP contribution in [0.4, 0.5) is 0 Å². The Morgan fingerprint density at radius 2 is 1.94 bits per heavy atom. The van der Waals surface area contributed by atoms with Crippen LogP contribution in [-0.4, -0.2) is 28.2 Å². The highest BCUT2D eigenvalue weighted by atomic mass is 79.9. The minimum Gasteiger partial charge on any atom is -0.481 e. The minimum atomic E-state index is -1.17. The van der Waals surface area contributed by atoms with E-state index in [9.17, 15) is 9.59 Å². The predicted molar refractivity (Wildman–Crippen MR) is 64.7 cm³/mol. The average molecular weight is 302 g/mol. The van der Waals surface area contributed by atoms with Gasteiger partial charge in [-0.3, -0.25) is 14.9 Å². The van der Waals surface area contributed by atoms with E-state index in [0.717, 1.165) is 10.0 Å². The fourth-order valence-corrected chi connectivity index (χ4v) is 1.72. The number of rotatable bonds is 6. The van der Waals surface area contributed by atoms with Crippen molar-refractivity contribution >= 4 is 27.9 Å². The molecule has 0 heterocycles. The van der Waals surface area contributed by atoms with Crippen molar-refractivity contribution in [2.45, 2.75) is 19.0 Å². The van der Waals surface area contributed by atoms with Gasteiger partial charge in [0.25, 0.3) is 0 Å². The fraction of sp³-hybridized carbons (Fsp3) is 0.273. The van der Waals surface area contributed by atoms with Crippen molar-refractivity contribution in [1.82, 2.24) is 5.32 Å². The second-order valence-corrected chi connectivity index (χ2v) is 4.32. The first-order valence-corrected chi connectivity index (χ1v) is 5.71. The second kappa shape index (κ2) is 6.36. The first-order valence-electron chi connectivity index (χ1n) is 4.92. The molecule has 0 aliphatic heterocycles. The van der Waals surface area contributed by atoms with Crippen molar-refractivity contribution in [1.29, 1.82) is 0 Å². The summed E-state index contributed by atoms with van der Waals surface area (Å²) >= 11 is 3.33. The van der Waals surface area contributed by atoms with Gasteiger partial charge in [-0.15, -0.1) is 0 Å². The van der Waals surface area contributed by atoms with Crippen molar-refractivity contribution in [2.24, 2.45) is 0 Å². The molecule has 0 fully saturated rings. The number of aliphatic carboxylic acids is 2. The summed E-state index contributed by atoms with van der Waals surface area (Å²) in [6, 6.07) is 6.26. The van der Waals surface area contributed by atoms with Gasteiger partial charge in [0, 0.05) is 11.0 Å². The van der Waals surface area contributed by atoms with E-state index in [0.29, 0.717) is 6.54 Å². The van der Waals surface area contributed by atoms with E-state index >= 15 is 0 Å². The van der Waals surface area contributed by atoms with Crippen LogP contribution >= 0.6 is 15.9 Å². The molecule has 1 rings (SSSR count). The third kappa shape index (κ3) is 4.54. The maximum atomic E-state index is 10.8. The lowest BCUT2D eigenvalue weighted by atomic mass is 10.1. The molecular weight excluding hydrogens is 290 g/mol. The molecule has 0 spiro atoms. The molecule has 6 heteroatoms. The number of halogens is 1. The highest BCUT2D eigenvalue weighted by Gasteiger charge is 2.20. The second-order valence-electron chi connectivity index (χ2n) is 3.46. The Morgan fingerprint density at radius 1 is 1.29 bits per heavy atom. The molecule has 0 aliphatic rings. The Hall–Kier alpha value is -1.40. The number of carboxylic acid groups (broad SMARTS) is 2.